The third-order valence-electron chi connectivity index (χ3n) is 2.40. The van der Waals surface area contributed by atoms with Gasteiger partial charge in [-0.3, -0.25) is 0 Å². The first-order valence-corrected chi connectivity index (χ1v) is 6.90. The van der Waals surface area contributed by atoms with E-state index in [0.717, 1.165) is 5.56 Å². The Morgan fingerprint density at radius 2 is 1.94 bits per heavy atom. The molecule has 94 valence electrons. The minimum atomic E-state index is -3.60. The highest BCUT2D eigenvalue weighted by Crippen LogP contribution is 2.12. The molecule has 0 unspecified atom stereocenters. The lowest BCUT2D eigenvalue weighted by Crippen LogP contribution is -1.98. The normalized spacial score (nSPS) is 12.1. The molecule has 0 spiro atoms. The van der Waals surface area contributed by atoms with Crippen LogP contribution in [0.3, 0.4) is 0 Å². The molecule has 2 aromatic rings. The Hall–Kier alpha value is -1.88. The van der Waals surface area contributed by atoms with Crippen molar-refractivity contribution in [2.45, 2.75) is 18.2 Å². The van der Waals surface area contributed by atoms with Gasteiger partial charge in [0.1, 0.15) is 5.76 Å². The Bertz CT molecular complexity index is 625. The van der Waals surface area contributed by atoms with Crippen LogP contribution in [0, 0.1) is 6.92 Å². The van der Waals surface area contributed by atoms with E-state index in [-0.39, 0.29) is 4.90 Å². The Kier molecular flexibility index (Phi) is 3.62. The Balaban J connectivity index is 2.12. The summed E-state index contributed by atoms with van der Waals surface area (Å²) in [6, 6.07) is 10.1. The lowest BCUT2D eigenvalue weighted by atomic mass is 10.2. The van der Waals surface area contributed by atoms with Gasteiger partial charge in [-0.25, -0.2) is 0 Å². The molecule has 1 aromatic carbocycles. The minimum absolute atomic E-state index is 0.198. The standard InChI is InChI=1S/C13H13NO3S/c1-11-4-6-13(7-5-11)18(15,16)14-9-8-12-3-2-10-17-12/h2-7,9-10H,8H2,1H3/b14-9-. The summed E-state index contributed by atoms with van der Waals surface area (Å²) in [5.41, 5.74) is 1.01. The number of benzene rings is 1. The van der Waals surface area contributed by atoms with Gasteiger partial charge in [0.25, 0.3) is 10.0 Å². The zero-order valence-electron chi connectivity index (χ0n) is 9.91. The van der Waals surface area contributed by atoms with Crippen molar-refractivity contribution in [2.24, 2.45) is 4.40 Å². The number of aryl methyl sites for hydroxylation is 1. The quantitative estimate of drug-likeness (QED) is 0.796. The van der Waals surface area contributed by atoms with Crippen LogP contribution in [0.5, 0.6) is 0 Å². The van der Waals surface area contributed by atoms with Crippen LogP contribution < -0.4 is 0 Å². The molecule has 5 heteroatoms. The van der Waals surface area contributed by atoms with Crippen LogP contribution in [-0.2, 0) is 16.4 Å². The number of sulfonamides is 1. The Labute approximate surface area is 106 Å². The van der Waals surface area contributed by atoms with Crippen molar-refractivity contribution in [3.8, 4) is 0 Å². The second kappa shape index (κ2) is 5.18. The molecule has 0 saturated heterocycles. The van der Waals surface area contributed by atoms with E-state index >= 15 is 0 Å². The Morgan fingerprint density at radius 1 is 1.22 bits per heavy atom. The van der Waals surface area contributed by atoms with Gasteiger partial charge in [-0.15, -0.1) is 0 Å². The van der Waals surface area contributed by atoms with Crippen LogP contribution in [0.2, 0.25) is 0 Å². The van der Waals surface area contributed by atoms with Crippen molar-refractivity contribution in [2.75, 3.05) is 0 Å². The van der Waals surface area contributed by atoms with E-state index < -0.39 is 10.0 Å². The molecule has 0 aliphatic rings. The second-order valence-electron chi connectivity index (χ2n) is 3.86. The van der Waals surface area contributed by atoms with E-state index in [1.54, 1.807) is 36.4 Å². The molecular formula is C13H13NO3S. The monoisotopic (exact) mass is 263 g/mol. The highest BCUT2D eigenvalue weighted by Gasteiger charge is 2.10. The van der Waals surface area contributed by atoms with Crippen molar-refractivity contribution in [1.82, 2.24) is 0 Å². The predicted molar refractivity (Wildman–Crippen MR) is 69.3 cm³/mol. The minimum Gasteiger partial charge on any atom is -0.469 e. The molecule has 4 nitrogen and oxygen atoms in total. The van der Waals surface area contributed by atoms with Gasteiger partial charge in [-0.1, -0.05) is 17.7 Å². The van der Waals surface area contributed by atoms with Crippen LogP contribution >= 0.6 is 0 Å². The van der Waals surface area contributed by atoms with Crippen LogP contribution in [-0.4, -0.2) is 14.6 Å². The summed E-state index contributed by atoms with van der Waals surface area (Å²) in [5.74, 6) is 0.679. The van der Waals surface area contributed by atoms with E-state index in [2.05, 4.69) is 4.40 Å². The van der Waals surface area contributed by atoms with Crippen LogP contribution in [0.4, 0.5) is 0 Å². The molecule has 1 heterocycles. The SMILES string of the molecule is Cc1ccc(S(=O)(=O)/N=C\Cc2ccco2)cc1. The van der Waals surface area contributed by atoms with Crippen LogP contribution in [0.25, 0.3) is 0 Å². The lowest BCUT2D eigenvalue weighted by Gasteiger charge is -1.98. The maximum Gasteiger partial charge on any atom is 0.281 e. The summed E-state index contributed by atoms with van der Waals surface area (Å²) >= 11 is 0. The van der Waals surface area contributed by atoms with E-state index in [4.69, 9.17) is 4.42 Å². The number of furan rings is 1. The molecule has 0 radical (unpaired) electrons. The first-order chi connectivity index (χ1) is 8.58. The summed E-state index contributed by atoms with van der Waals surface area (Å²) in [7, 11) is -3.60. The van der Waals surface area contributed by atoms with Gasteiger partial charge in [0.05, 0.1) is 11.2 Å². The highest BCUT2D eigenvalue weighted by molar-refractivity contribution is 7.90. The Morgan fingerprint density at radius 3 is 2.56 bits per heavy atom. The van der Waals surface area contributed by atoms with Crippen molar-refractivity contribution in [3.05, 3.63) is 54.0 Å². The molecule has 0 amide bonds. The summed E-state index contributed by atoms with van der Waals surface area (Å²) < 4.78 is 32.4. The summed E-state index contributed by atoms with van der Waals surface area (Å²) in [6.45, 7) is 1.90. The predicted octanol–water partition coefficient (Wildman–Crippen LogP) is 2.59. The largest absolute Gasteiger partial charge is 0.469 e. The van der Waals surface area contributed by atoms with E-state index in [1.807, 2.05) is 6.92 Å². The smallest absolute Gasteiger partial charge is 0.281 e. The molecule has 0 atom stereocenters. The number of nitrogens with zero attached hydrogens (tertiary/aromatic N) is 1. The molecular weight excluding hydrogens is 250 g/mol. The molecule has 0 aliphatic carbocycles. The molecule has 0 saturated carbocycles. The van der Waals surface area contributed by atoms with Crippen LogP contribution in [0.1, 0.15) is 11.3 Å². The molecule has 1 aromatic heterocycles. The molecule has 0 N–H and O–H groups in total. The van der Waals surface area contributed by atoms with Crippen molar-refractivity contribution < 1.29 is 12.8 Å². The van der Waals surface area contributed by atoms with Gasteiger partial charge >= 0.3 is 0 Å². The van der Waals surface area contributed by atoms with E-state index in [0.29, 0.717) is 12.2 Å². The molecule has 18 heavy (non-hydrogen) atoms. The van der Waals surface area contributed by atoms with Gasteiger partial charge in [0.2, 0.25) is 0 Å². The molecule has 0 fully saturated rings. The van der Waals surface area contributed by atoms with Gasteiger partial charge in [0.15, 0.2) is 0 Å². The number of hydrogen-bond donors (Lipinski definition) is 0. The van der Waals surface area contributed by atoms with E-state index in [1.165, 1.54) is 12.5 Å². The maximum atomic E-state index is 11.8. The topological polar surface area (TPSA) is 59.6 Å². The average Bonchev–Trinajstić information content (AvgIpc) is 2.82. The third kappa shape index (κ3) is 3.07. The summed E-state index contributed by atoms with van der Waals surface area (Å²) in [6.07, 6.45) is 3.24. The fourth-order valence-corrected chi connectivity index (χ4v) is 2.30. The average molecular weight is 263 g/mol. The van der Waals surface area contributed by atoms with Gasteiger partial charge < -0.3 is 4.42 Å². The first kappa shape index (κ1) is 12.6. The van der Waals surface area contributed by atoms with Crippen LogP contribution in [0.15, 0.2) is 56.4 Å². The first-order valence-electron chi connectivity index (χ1n) is 5.46. The van der Waals surface area contributed by atoms with Crippen molar-refractivity contribution >= 4 is 16.2 Å². The van der Waals surface area contributed by atoms with Gasteiger partial charge in [-0.05, 0) is 31.2 Å². The molecule has 0 aliphatic heterocycles. The molecule has 2 rings (SSSR count). The summed E-state index contributed by atoms with van der Waals surface area (Å²) in [4.78, 5) is 0.198. The maximum absolute atomic E-state index is 11.8. The van der Waals surface area contributed by atoms with Crippen molar-refractivity contribution in [1.29, 1.82) is 0 Å². The van der Waals surface area contributed by atoms with Gasteiger partial charge in [0, 0.05) is 12.6 Å². The fourth-order valence-electron chi connectivity index (χ4n) is 1.43. The zero-order valence-corrected chi connectivity index (χ0v) is 10.7. The highest BCUT2D eigenvalue weighted by atomic mass is 32.2. The third-order valence-corrected chi connectivity index (χ3v) is 3.70. The van der Waals surface area contributed by atoms with E-state index in [9.17, 15) is 8.42 Å². The summed E-state index contributed by atoms with van der Waals surface area (Å²) in [5, 5.41) is 0. The zero-order chi connectivity index (χ0) is 13.0. The van der Waals surface area contributed by atoms with Crippen molar-refractivity contribution in [3.63, 3.8) is 0 Å². The lowest BCUT2D eigenvalue weighted by molar-refractivity contribution is 0.527. The number of hydrogen-bond acceptors (Lipinski definition) is 3. The fraction of sp³-hybridized carbons (Fsp3) is 0.154. The molecule has 0 bridgehead atoms. The number of rotatable bonds is 4. The second-order valence-corrected chi connectivity index (χ2v) is 5.49. The van der Waals surface area contributed by atoms with Gasteiger partial charge in [-0.2, -0.15) is 12.8 Å².